The van der Waals surface area contributed by atoms with Crippen LogP contribution in [0.4, 0.5) is 18.9 Å². The number of benzene rings is 1. The maximum Gasteiger partial charge on any atom is 0.293 e. The SMILES string of the molecule is O=C(Nc1cc(=O)[nH]cc1-c1c(-c2ccc(F)cc2)ncn1C1COCC1(F)F)c1ccco1. The molecule has 3 aromatic heterocycles. The normalized spacial score (nSPS) is 17.1. The van der Waals surface area contributed by atoms with Crippen LogP contribution < -0.4 is 10.9 Å². The quantitative estimate of drug-likeness (QED) is 0.457. The van der Waals surface area contributed by atoms with Crippen molar-refractivity contribution in [2.45, 2.75) is 12.0 Å². The van der Waals surface area contributed by atoms with E-state index in [4.69, 9.17) is 9.15 Å². The molecule has 0 radical (unpaired) electrons. The van der Waals surface area contributed by atoms with Gasteiger partial charge in [0.05, 0.1) is 36.3 Å². The highest BCUT2D eigenvalue weighted by Crippen LogP contribution is 2.42. The zero-order valence-electron chi connectivity index (χ0n) is 17.4. The van der Waals surface area contributed by atoms with Gasteiger partial charge in [0.25, 0.3) is 11.8 Å². The summed E-state index contributed by atoms with van der Waals surface area (Å²) in [6, 6.07) is 8.07. The van der Waals surface area contributed by atoms with Crippen LogP contribution in [-0.4, -0.2) is 39.6 Å². The molecule has 4 heterocycles. The molecule has 1 amide bonds. The number of carbonyl (C=O) groups excluding carboxylic acids is 1. The molecule has 8 nitrogen and oxygen atoms in total. The van der Waals surface area contributed by atoms with Gasteiger partial charge in [-0.3, -0.25) is 9.59 Å². The van der Waals surface area contributed by atoms with Gasteiger partial charge in [0.2, 0.25) is 5.56 Å². The average Bonchev–Trinajstić information content (AvgIpc) is 3.54. The van der Waals surface area contributed by atoms with Crippen LogP contribution in [0, 0.1) is 5.82 Å². The van der Waals surface area contributed by atoms with E-state index in [-0.39, 0.29) is 35.0 Å². The standard InChI is InChI=1S/C23H17F3N4O4/c24-14-5-3-13(4-6-14)20-21(30(12-28-20)18-10-33-11-23(18,25)26)15-9-27-19(31)8-16(15)29-22(32)17-2-1-7-34-17/h1-9,12,18H,10-11H2,(H2,27,29,31,32). The third kappa shape index (κ3) is 3.90. The molecular formula is C23H17F3N4O4. The third-order valence-electron chi connectivity index (χ3n) is 5.48. The summed E-state index contributed by atoms with van der Waals surface area (Å²) < 4.78 is 54.2. The Morgan fingerprint density at radius 3 is 2.71 bits per heavy atom. The van der Waals surface area contributed by atoms with E-state index < -0.39 is 35.9 Å². The zero-order valence-corrected chi connectivity index (χ0v) is 17.4. The molecule has 11 heteroatoms. The number of furan rings is 1. The number of H-pyrrole nitrogens is 1. The number of imidazole rings is 1. The van der Waals surface area contributed by atoms with Crippen LogP contribution in [0.5, 0.6) is 0 Å². The number of halogens is 3. The van der Waals surface area contributed by atoms with Gasteiger partial charge in [-0.1, -0.05) is 0 Å². The number of carbonyl (C=O) groups is 1. The van der Waals surface area contributed by atoms with E-state index in [1.807, 2.05) is 0 Å². The lowest BCUT2D eigenvalue weighted by atomic mass is 10.0. The molecule has 4 aromatic rings. The van der Waals surface area contributed by atoms with Crippen molar-refractivity contribution < 1.29 is 27.1 Å². The lowest BCUT2D eigenvalue weighted by Gasteiger charge is -2.22. The molecule has 1 atom stereocenters. The Kier molecular flexibility index (Phi) is 5.33. The van der Waals surface area contributed by atoms with Gasteiger partial charge in [0, 0.05) is 23.4 Å². The number of hydrogen-bond donors (Lipinski definition) is 2. The Morgan fingerprint density at radius 1 is 1.24 bits per heavy atom. The maximum absolute atomic E-state index is 14.7. The van der Waals surface area contributed by atoms with Crippen molar-refractivity contribution in [1.82, 2.24) is 14.5 Å². The van der Waals surface area contributed by atoms with Crippen LogP contribution in [0.1, 0.15) is 16.6 Å². The Hall–Kier alpha value is -4.12. The van der Waals surface area contributed by atoms with E-state index in [2.05, 4.69) is 15.3 Å². The van der Waals surface area contributed by atoms with Gasteiger partial charge in [-0.05, 0) is 36.4 Å². The number of pyridine rings is 1. The van der Waals surface area contributed by atoms with Crippen LogP contribution in [0.15, 0.2) is 70.5 Å². The summed E-state index contributed by atoms with van der Waals surface area (Å²) in [4.78, 5) is 31.5. The van der Waals surface area contributed by atoms with Crippen molar-refractivity contribution in [3.05, 3.63) is 83.2 Å². The highest BCUT2D eigenvalue weighted by Gasteiger charge is 2.47. The first kappa shape index (κ1) is 21.7. The van der Waals surface area contributed by atoms with Crippen LogP contribution in [-0.2, 0) is 4.74 Å². The molecule has 1 saturated heterocycles. The predicted octanol–water partition coefficient (Wildman–Crippen LogP) is 4.10. The lowest BCUT2D eigenvalue weighted by molar-refractivity contribution is -0.0320. The zero-order chi connectivity index (χ0) is 23.9. The molecule has 1 fully saturated rings. The van der Waals surface area contributed by atoms with E-state index in [9.17, 15) is 22.8 Å². The molecule has 2 N–H and O–H groups in total. The van der Waals surface area contributed by atoms with Gasteiger partial charge in [-0.25, -0.2) is 18.2 Å². The lowest BCUT2D eigenvalue weighted by Crippen LogP contribution is -2.29. The van der Waals surface area contributed by atoms with Crippen LogP contribution in [0.2, 0.25) is 0 Å². The van der Waals surface area contributed by atoms with E-state index in [0.717, 1.165) is 6.07 Å². The van der Waals surface area contributed by atoms with Crippen molar-refractivity contribution in [2.75, 3.05) is 18.5 Å². The molecule has 1 aliphatic rings. The van der Waals surface area contributed by atoms with Crippen LogP contribution in [0.3, 0.4) is 0 Å². The molecule has 0 saturated carbocycles. The Labute approximate surface area is 190 Å². The first-order valence-electron chi connectivity index (χ1n) is 10.2. The third-order valence-corrected chi connectivity index (χ3v) is 5.48. The fourth-order valence-corrected chi connectivity index (χ4v) is 3.85. The minimum Gasteiger partial charge on any atom is -0.459 e. The average molecular weight is 470 g/mol. The number of rotatable bonds is 5. The molecule has 1 aliphatic heterocycles. The van der Waals surface area contributed by atoms with E-state index in [0.29, 0.717) is 5.56 Å². The summed E-state index contributed by atoms with van der Waals surface area (Å²) in [7, 11) is 0. The molecule has 0 spiro atoms. The van der Waals surface area contributed by atoms with Crippen LogP contribution in [0.25, 0.3) is 22.5 Å². The second-order valence-electron chi connectivity index (χ2n) is 7.70. The van der Waals surface area contributed by atoms with Crippen LogP contribution >= 0.6 is 0 Å². The Balaban J connectivity index is 1.69. The number of ether oxygens (including phenoxy) is 1. The summed E-state index contributed by atoms with van der Waals surface area (Å²) in [6.45, 7) is -1.02. The molecule has 0 bridgehead atoms. The minimum atomic E-state index is -3.19. The second-order valence-corrected chi connectivity index (χ2v) is 7.70. The largest absolute Gasteiger partial charge is 0.459 e. The number of aromatic nitrogens is 3. The first-order valence-corrected chi connectivity index (χ1v) is 10.2. The van der Waals surface area contributed by atoms with E-state index in [1.165, 1.54) is 59.8 Å². The van der Waals surface area contributed by atoms with Gasteiger partial charge in [-0.15, -0.1) is 0 Å². The number of amides is 1. The summed E-state index contributed by atoms with van der Waals surface area (Å²) >= 11 is 0. The fraction of sp³-hybridized carbons (Fsp3) is 0.174. The Bertz CT molecular complexity index is 1390. The van der Waals surface area contributed by atoms with Gasteiger partial charge in [0.1, 0.15) is 18.5 Å². The molecule has 1 unspecified atom stereocenters. The highest BCUT2D eigenvalue weighted by molar-refractivity contribution is 6.04. The Morgan fingerprint density at radius 2 is 2.03 bits per heavy atom. The number of nitrogens with zero attached hydrogens (tertiary/aromatic N) is 2. The summed E-state index contributed by atoms with van der Waals surface area (Å²) in [5.74, 6) is -4.30. The molecule has 5 rings (SSSR count). The first-order chi connectivity index (χ1) is 16.3. The number of aromatic amines is 1. The van der Waals surface area contributed by atoms with Gasteiger partial charge in [-0.2, -0.15) is 0 Å². The molecule has 174 valence electrons. The van der Waals surface area contributed by atoms with Crippen molar-refractivity contribution in [1.29, 1.82) is 0 Å². The van der Waals surface area contributed by atoms with Crippen molar-refractivity contribution in [3.8, 4) is 22.5 Å². The summed E-state index contributed by atoms with van der Waals surface area (Å²) in [5.41, 5.74) is 0.641. The molecule has 34 heavy (non-hydrogen) atoms. The van der Waals surface area contributed by atoms with E-state index >= 15 is 0 Å². The smallest absolute Gasteiger partial charge is 0.293 e. The number of alkyl halides is 2. The van der Waals surface area contributed by atoms with Crippen molar-refractivity contribution >= 4 is 11.6 Å². The van der Waals surface area contributed by atoms with Gasteiger partial charge in [0.15, 0.2) is 5.76 Å². The molecule has 0 aliphatic carbocycles. The second kappa shape index (κ2) is 8.34. The topological polar surface area (TPSA) is 102 Å². The van der Waals surface area contributed by atoms with Gasteiger partial charge < -0.3 is 24.0 Å². The maximum atomic E-state index is 14.7. The van der Waals surface area contributed by atoms with Crippen molar-refractivity contribution in [3.63, 3.8) is 0 Å². The van der Waals surface area contributed by atoms with Gasteiger partial charge >= 0.3 is 0 Å². The van der Waals surface area contributed by atoms with Crippen molar-refractivity contribution in [2.24, 2.45) is 0 Å². The molecule has 1 aromatic carbocycles. The molecular weight excluding hydrogens is 453 g/mol. The summed E-state index contributed by atoms with van der Waals surface area (Å²) in [6.07, 6.45) is 3.86. The monoisotopic (exact) mass is 470 g/mol. The number of anilines is 1. The fourth-order valence-electron chi connectivity index (χ4n) is 3.85. The number of nitrogens with one attached hydrogen (secondary N) is 2. The number of hydrogen-bond acceptors (Lipinski definition) is 5. The predicted molar refractivity (Wildman–Crippen MR) is 115 cm³/mol. The summed E-state index contributed by atoms with van der Waals surface area (Å²) in [5, 5.41) is 2.60. The van der Waals surface area contributed by atoms with E-state index in [1.54, 1.807) is 0 Å². The minimum absolute atomic E-state index is 0.00535. The highest BCUT2D eigenvalue weighted by atomic mass is 19.3.